The number of ether oxygens (including phenoxy) is 1. The van der Waals surface area contributed by atoms with Crippen LogP contribution in [0.4, 0.5) is 0 Å². The van der Waals surface area contributed by atoms with Crippen LogP contribution in [0.1, 0.15) is 98.2 Å². The van der Waals surface area contributed by atoms with Crippen LogP contribution in [0.15, 0.2) is 12.2 Å². The predicted octanol–water partition coefficient (Wildman–Crippen LogP) is 2.57. The largest absolute Gasteiger partial charge is 1.00 e. The van der Waals surface area contributed by atoms with Crippen LogP contribution in [0, 0.1) is 0 Å². The van der Waals surface area contributed by atoms with Crippen molar-refractivity contribution in [2.75, 3.05) is 12.4 Å². The number of carbonyl (C=O) groups is 1. The first kappa shape index (κ1) is 29.3. The molecular formula is C20H39NaO5S. The van der Waals surface area contributed by atoms with Gasteiger partial charge >= 0.3 is 35.5 Å². The van der Waals surface area contributed by atoms with Crippen molar-refractivity contribution >= 4 is 16.1 Å². The van der Waals surface area contributed by atoms with Gasteiger partial charge in [0.1, 0.15) is 12.4 Å². The molecule has 0 aliphatic heterocycles. The molecule has 7 heteroatoms. The minimum absolute atomic E-state index is 0. The number of rotatable bonds is 18. The smallest absolute Gasteiger partial charge is 1.00 e. The second-order valence-corrected chi connectivity index (χ2v) is 8.41. The van der Waals surface area contributed by atoms with Gasteiger partial charge in [-0.15, -0.1) is 0 Å². The summed E-state index contributed by atoms with van der Waals surface area (Å²) < 4.78 is 34.2. The number of hydrogen-bond donors (Lipinski definition) is 1. The van der Waals surface area contributed by atoms with E-state index in [2.05, 4.69) is 19.1 Å². The Bertz CT molecular complexity index is 469. The summed E-state index contributed by atoms with van der Waals surface area (Å²) in [5.74, 6) is -0.934. The maximum absolute atomic E-state index is 11.4. The van der Waals surface area contributed by atoms with Gasteiger partial charge in [-0.25, -0.2) is 0 Å². The van der Waals surface area contributed by atoms with Crippen molar-refractivity contribution in [3.8, 4) is 0 Å². The first-order chi connectivity index (χ1) is 12.5. The number of esters is 1. The van der Waals surface area contributed by atoms with E-state index in [1.165, 1.54) is 57.8 Å². The van der Waals surface area contributed by atoms with Gasteiger partial charge < -0.3 is 6.16 Å². The minimum Gasteiger partial charge on any atom is -1.00 e. The number of hydrogen-bond acceptors (Lipinski definition) is 4. The monoisotopic (exact) mass is 414 g/mol. The van der Waals surface area contributed by atoms with E-state index in [-0.39, 0.29) is 37.6 Å². The van der Waals surface area contributed by atoms with Gasteiger partial charge in [-0.05, 0) is 32.1 Å². The topological polar surface area (TPSA) is 80.7 Å². The molecular weight excluding hydrogens is 375 g/mol. The summed E-state index contributed by atoms with van der Waals surface area (Å²) in [6, 6.07) is 0. The molecule has 0 radical (unpaired) electrons. The van der Waals surface area contributed by atoms with Crippen molar-refractivity contribution < 1.29 is 53.5 Å². The summed E-state index contributed by atoms with van der Waals surface area (Å²) in [6.45, 7) is 1.97. The van der Waals surface area contributed by atoms with Gasteiger partial charge in [0.2, 0.25) is 0 Å². The fourth-order valence-corrected chi connectivity index (χ4v) is 2.97. The van der Waals surface area contributed by atoms with E-state index in [1.807, 2.05) is 0 Å². The van der Waals surface area contributed by atoms with E-state index < -0.39 is 21.8 Å². The molecule has 27 heavy (non-hydrogen) atoms. The zero-order valence-electron chi connectivity index (χ0n) is 18.5. The van der Waals surface area contributed by atoms with E-state index in [0.717, 1.165) is 25.7 Å². The van der Waals surface area contributed by atoms with Gasteiger partial charge in [0, 0.05) is 6.42 Å². The van der Waals surface area contributed by atoms with Crippen molar-refractivity contribution in [1.82, 2.24) is 0 Å². The first-order valence-corrected chi connectivity index (χ1v) is 11.8. The van der Waals surface area contributed by atoms with Crippen LogP contribution in [0.5, 0.6) is 0 Å². The summed E-state index contributed by atoms with van der Waals surface area (Å²) >= 11 is 0. The van der Waals surface area contributed by atoms with E-state index in [9.17, 15) is 13.2 Å². The Morgan fingerprint density at radius 1 is 0.889 bits per heavy atom. The fourth-order valence-electron chi connectivity index (χ4n) is 2.67. The molecule has 0 aromatic heterocycles. The van der Waals surface area contributed by atoms with E-state index in [4.69, 9.17) is 9.29 Å². The molecule has 0 spiro atoms. The van der Waals surface area contributed by atoms with Crippen molar-refractivity contribution in [3.63, 3.8) is 0 Å². The normalized spacial score (nSPS) is 11.5. The van der Waals surface area contributed by atoms with Crippen LogP contribution in [-0.2, 0) is 19.6 Å². The molecule has 0 fully saturated rings. The summed E-state index contributed by atoms with van der Waals surface area (Å²) in [6.07, 6.45) is 20.5. The maximum atomic E-state index is 11.4. The third-order valence-corrected chi connectivity index (χ3v) is 4.93. The number of unbranched alkanes of at least 4 members (excludes halogenated alkanes) is 11. The third kappa shape index (κ3) is 26.1. The van der Waals surface area contributed by atoms with Crippen molar-refractivity contribution in [2.24, 2.45) is 0 Å². The van der Waals surface area contributed by atoms with Crippen LogP contribution in [-0.4, -0.2) is 31.3 Å². The Hall–Kier alpha value is 0.120. The van der Waals surface area contributed by atoms with Gasteiger partial charge in [0.25, 0.3) is 10.1 Å². The SMILES string of the molecule is CCCCCCCC/C=C\CCCCCCCC(=O)OCCS(=O)(=O)O.[H-].[Na+]. The van der Waals surface area contributed by atoms with Crippen molar-refractivity contribution in [3.05, 3.63) is 12.2 Å². The Kier molecular flexibility index (Phi) is 22.6. The first-order valence-electron chi connectivity index (χ1n) is 10.2. The predicted molar refractivity (Wildman–Crippen MR) is 108 cm³/mol. The molecule has 0 aromatic carbocycles. The molecule has 0 heterocycles. The summed E-state index contributed by atoms with van der Waals surface area (Å²) in [7, 11) is -4.05. The van der Waals surface area contributed by atoms with Gasteiger partial charge in [-0.3, -0.25) is 9.35 Å². The molecule has 1 N–H and O–H groups in total. The molecule has 0 aliphatic rings. The molecule has 0 saturated heterocycles. The average molecular weight is 415 g/mol. The fraction of sp³-hybridized carbons (Fsp3) is 0.850. The molecule has 0 amide bonds. The van der Waals surface area contributed by atoms with Crippen LogP contribution in [0.2, 0.25) is 0 Å². The summed E-state index contributed by atoms with van der Waals surface area (Å²) in [5.41, 5.74) is 0. The van der Waals surface area contributed by atoms with Gasteiger partial charge in [-0.1, -0.05) is 70.4 Å². The van der Waals surface area contributed by atoms with Crippen LogP contribution < -0.4 is 29.6 Å². The van der Waals surface area contributed by atoms with Crippen LogP contribution >= 0.6 is 0 Å². The van der Waals surface area contributed by atoms with Crippen molar-refractivity contribution in [2.45, 2.75) is 96.8 Å². The second-order valence-electron chi connectivity index (χ2n) is 6.84. The Morgan fingerprint density at radius 3 is 1.89 bits per heavy atom. The molecule has 0 aromatic rings. The van der Waals surface area contributed by atoms with Gasteiger partial charge in [0.05, 0.1) is 0 Å². The minimum atomic E-state index is -4.05. The molecule has 0 saturated carbocycles. The molecule has 156 valence electrons. The van der Waals surface area contributed by atoms with E-state index in [0.29, 0.717) is 6.42 Å². The molecule has 0 aliphatic carbocycles. The van der Waals surface area contributed by atoms with Crippen LogP contribution in [0.25, 0.3) is 0 Å². The quantitative estimate of drug-likeness (QED) is 0.123. The number of carbonyl (C=O) groups excluding carboxylic acids is 1. The van der Waals surface area contributed by atoms with Crippen molar-refractivity contribution in [1.29, 1.82) is 0 Å². The van der Waals surface area contributed by atoms with Gasteiger partial charge in [0.15, 0.2) is 0 Å². The second kappa shape index (κ2) is 20.8. The molecule has 0 unspecified atom stereocenters. The molecule has 0 rings (SSSR count). The maximum Gasteiger partial charge on any atom is 1.00 e. The number of allylic oxidation sites excluding steroid dienone is 2. The van der Waals surface area contributed by atoms with Crippen LogP contribution in [0.3, 0.4) is 0 Å². The summed E-state index contributed by atoms with van der Waals surface area (Å²) in [5, 5.41) is 0. The van der Waals surface area contributed by atoms with E-state index in [1.54, 1.807) is 0 Å². The molecule has 0 atom stereocenters. The molecule has 0 bridgehead atoms. The zero-order chi connectivity index (χ0) is 19.5. The zero-order valence-corrected chi connectivity index (χ0v) is 20.3. The standard InChI is InChI=1S/C20H38O5S.Na.H/c1-2-3-4-5-6-7-8-9-10-11-12-13-14-15-16-17-20(21)25-18-19-26(22,23)24;;/h9-10H,2-8,11-19H2,1H3,(H,22,23,24);;/q;+1;-1/b10-9-;;. The molecule has 5 nitrogen and oxygen atoms in total. The van der Waals surface area contributed by atoms with Gasteiger partial charge in [-0.2, -0.15) is 8.42 Å². The Morgan fingerprint density at radius 2 is 1.37 bits per heavy atom. The summed E-state index contributed by atoms with van der Waals surface area (Å²) in [4.78, 5) is 11.4. The Labute approximate surface area is 190 Å². The third-order valence-electron chi connectivity index (χ3n) is 4.25. The average Bonchev–Trinajstić information content (AvgIpc) is 2.57. The van der Waals surface area contributed by atoms with E-state index >= 15 is 0 Å². The Balaban J connectivity index is -0.00000312.